The Morgan fingerprint density at radius 2 is 1.77 bits per heavy atom. The standard InChI is InChI=1S/C25H17ClN2O2/c1-15-6-7-18(13-21(15)26)24(29)27-20-10-11-23-22(14-20)28-25(30-23)19-9-8-16-4-2-3-5-17(16)12-19/h2-14H,1H3,(H,27,29). The summed E-state index contributed by atoms with van der Waals surface area (Å²) < 4.78 is 5.94. The molecule has 0 atom stereocenters. The van der Waals surface area contributed by atoms with Crippen LogP contribution in [0.25, 0.3) is 33.3 Å². The third kappa shape index (κ3) is 3.42. The van der Waals surface area contributed by atoms with E-state index in [2.05, 4.69) is 34.6 Å². The number of rotatable bonds is 3. The predicted molar refractivity (Wildman–Crippen MR) is 121 cm³/mol. The minimum absolute atomic E-state index is 0.227. The third-order valence-corrected chi connectivity index (χ3v) is 5.48. The summed E-state index contributed by atoms with van der Waals surface area (Å²) in [6.45, 7) is 1.90. The van der Waals surface area contributed by atoms with Crippen LogP contribution in [0.15, 0.2) is 83.3 Å². The molecule has 0 fully saturated rings. The van der Waals surface area contributed by atoms with Crippen LogP contribution in [0.1, 0.15) is 15.9 Å². The first-order valence-electron chi connectivity index (χ1n) is 9.54. The van der Waals surface area contributed by atoms with Crippen molar-refractivity contribution in [3.05, 3.63) is 95.0 Å². The summed E-state index contributed by atoms with van der Waals surface area (Å²) >= 11 is 6.13. The molecule has 30 heavy (non-hydrogen) atoms. The number of carbonyl (C=O) groups is 1. The minimum atomic E-state index is -0.227. The molecule has 0 saturated heterocycles. The second-order valence-electron chi connectivity index (χ2n) is 7.18. The maximum Gasteiger partial charge on any atom is 0.255 e. The van der Waals surface area contributed by atoms with Crippen molar-refractivity contribution < 1.29 is 9.21 Å². The fourth-order valence-corrected chi connectivity index (χ4v) is 3.57. The maximum atomic E-state index is 12.6. The van der Waals surface area contributed by atoms with E-state index >= 15 is 0 Å². The lowest BCUT2D eigenvalue weighted by atomic mass is 10.1. The Morgan fingerprint density at radius 3 is 2.60 bits per heavy atom. The molecule has 1 amide bonds. The van der Waals surface area contributed by atoms with Gasteiger partial charge in [0.1, 0.15) is 5.52 Å². The molecule has 0 aliphatic heterocycles. The van der Waals surface area contributed by atoms with Crippen molar-refractivity contribution in [1.82, 2.24) is 4.98 Å². The van der Waals surface area contributed by atoms with Gasteiger partial charge in [0.2, 0.25) is 5.89 Å². The number of aryl methyl sites for hydroxylation is 1. The fraction of sp³-hybridized carbons (Fsp3) is 0.0400. The van der Waals surface area contributed by atoms with Gasteiger partial charge in [-0.15, -0.1) is 0 Å². The van der Waals surface area contributed by atoms with E-state index in [0.717, 1.165) is 16.5 Å². The number of fused-ring (bicyclic) bond motifs is 2. The van der Waals surface area contributed by atoms with E-state index in [1.807, 2.05) is 37.3 Å². The molecule has 5 heteroatoms. The molecule has 1 N–H and O–H groups in total. The molecule has 5 aromatic rings. The van der Waals surface area contributed by atoms with Crippen molar-refractivity contribution in [1.29, 1.82) is 0 Å². The zero-order valence-corrected chi connectivity index (χ0v) is 16.9. The first-order valence-corrected chi connectivity index (χ1v) is 9.92. The average Bonchev–Trinajstić information content (AvgIpc) is 3.18. The molecule has 4 nitrogen and oxygen atoms in total. The second-order valence-corrected chi connectivity index (χ2v) is 7.59. The molecule has 0 aliphatic rings. The second kappa shape index (κ2) is 7.32. The Bertz CT molecular complexity index is 1420. The number of aromatic nitrogens is 1. The Labute approximate surface area is 178 Å². The van der Waals surface area contributed by atoms with Crippen LogP contribution in [-0.4, -0.2) is 10.9 Å². The van der Waals surface area contributed by atoms with Gasteiger partial charge in [-0.25, -0.2) is 4.98 Å². The van der Waals surface area contributed by atoms with Gasteiger partial charge in [0.05, 0.1) is 0 Å². The Morgan fingerprint density at radius 1 is 0.933 bits per heavy atom. The summed E-state index contributed by atoms with van der Waals surface area (Å²) in [5.74, 6) is 0.319. The van der Waals surface area contributed by atoms with Gasteiger partial charge in [0, 0.05) is 21.8 Å². The van der Waals surface area contributed by atoms with Crippen molar-refractivity contribution >= 4 is 45.1 Å². The highest BCUT2D eigenvalue weighted by Crippen LogP contribution is 2.29. The van der Waals surface area contributed by atoms with E-state index < -0.39 is 0 Å². The SMILES string of the molecule is Cc1ccc(C(=O)Nc2ccc3oc(-c4ccc5ccccc5c4)nc3c2)cc1Cl. The largest absolute Gasteiger partial charge is 0.436 e. The van der Waals surface area contributed by atoms with Crippen LogP contribution in [0.4, 0.5) is 5.69 Å². The van der Waals surface area contributed by atoms with Crippen LogP contribution in [0.5, 0.6) is 0 Å². The molecule has 1 heterocycles. The summed E-state index contributed by atoms with van der Waals surface area (Å²) in [6, 6.07) is 24.9. The van der Waals surface area contributed by atoms with Crippen molar-refractivity contribution in [2.75, 3.05) is 5.32 Å². The number of oxazole rings is 1. The monoisotopic (exact) mass is 412 g/mol. The van der Waals surface area contributed by atoms with E-state index in [0.29, 0.717) is 33.3 Å². The van der Waals surface area contributed by atoms with Crippen LogP contribution in [0.3, 0.4) is 0 Å². The molecule has 4 aromatic carbocycles. The van der Waals surface area contributed by atoms with Gasteiger partial charge in [-0.2, -0.15) is 0 Å². The lowest BCUT2D eigenvalue weighted by Gasteiger charge is -2.06. The lowest BCUT2D eigenvalue weighted by Crippen LogP contribution is -2.11. The quantitative estimate of drug-likeness (QED) is 0.352. The molecule has 0 aliphatic carbocycles. The fourth-order valence-electron chi connectivity index (χ4n) is 3.39. The minimum Gasteiger partial charge on any atom is -0.436 e. The van der Waals surface area contributed by atoms with Gasteiger partial charge in [0.15, 0.2) is 5.58 Å². The highest BCUT2D eigenvalue weighted by Gasteiger charge is 2.12. The van der Waals surface area contributed by atoms with Crippen molar-refractivity contribution in [3.8, 4) is 11.5 Å². The van der Waals surface area contributed by atoms with Gasteiger partial charge in [-0.3, -0.25) is 4.79 Å². The molecule has 0 radical (unpaired) electrons. The van der Waals surface area contributed by atoms with Crippen molar-refractivity contribution in [3.63, 3.8) is 0 Å². The highest BCUT2D eigenvalue weighted by atomic mass is 35.5. The van der Waals surface area contributed by atoms with Crippen LogP contribution < -0.4 is 5.32 Å². The summed E-state index contributed by atoms with van der Waals surface area (Å²) in [7, 11) is 0. The van der Waals surface area contributed by atoms with Gasteiger partial charge in [0.25, 0.3) is 5.91 Å². The van der Waals surface area contributed by atoms with Crippen LogP contribution in [-0.2, 0) is 0 Å². The number of amides is 1. The van der Waals surface area contributed by atoms with Crippen LogP contribution in [0, 0.1) is 6.92 Å². The Hall–Kier alpha value is -3.63. The number of carbonyl (C=O) groups excluding carboxylic acids is 1. The van der Waals surface area contributed by atoms with Crippen molar-refractivity contribution in [2.24, 2.45) is 0 Å². The van der Waals surface area contributed by atoms with Gasteiger partial charge >= 0.3 is 0 Å². The van der Waals surface area contributed by atoms with E-state index in [4.69, 9.17) is 16.0 Å². The molecule has 0 bridgehead atoms. The topological polar surface area (TPSA) is 55.1 Å². The molecule has 1 aromatic heterocycles. The van der Waals surface area contributed by atoms with E-state index in [1.165, 1.54) is 5.39 Å². The van der Waals surface area contributed by atoms with E-state index in [1.54, 1.807) is 24.3 Å². The third-order valence-electron chi connectivity index (χ3n) is 5.08. The number of nitrogens with one attached hydrogen (secondary N) is 1. The first-order chi connectivity index (χ1) is 14.6. The molecule has 5 rings (SSSR count). The first kappa shape index (κ1) is 18.4. The van der Waals surface area contributed by atoms with Crippen LogP contribution >= 0.6 is 11.6 Å². The number of anilines is 1. The summed E-state index contributed by atoms with van der Waals surface area (Å²) in [5.41, 5.74) is 4.32. The number of nitrogens with zero attached hydrogens (tertiary/aromatic N) is 1. The normalized spacial score (nSPS) is 11.1. The summed E-state index contributed by atoms with van der Waals surface area (Å²) in [4.78, 5) is 17.2. The van der Waals surface area contributed by atoms with Crippen molar-refractivity contribution in [2.45, 2.75) is 6.92 Å². The van der Waals surface area contributed by atoms with Gasteiger partial charge in [-0.05, 0) is 65.7 Å². The molecule has 146 valence electrons. The number of hydrogen-bond acceptors (Lipinski definition) is 3. The lowest BCUT2D eigenvalue weighted by molar-refractivity contribution is 0.102. The van der Waals surface area contributed by atoms with Crippen LogP contribution in [0.2, 0.25) is 5.02 Å². The number of hydrogen-bond donors (Lipinski definition) is 1. The summed E-state index contributed by atoms with van der Waals surface area (Å²) in [5, 5.41) is 5.75. The Kier molecular flexibility index (Phi) is 4.49. The van der Waals surface area contributed by atoms with Gasteiger partial charge < -0.3 is 9.73 Å². The molecule has 0 saturated carbocycles. The molecular weight excluding hydrogens is 396 g/mol. The van der Waals surface area contributed by atoms with E-state index in [-0.39, 0.29) is 5.91 Å². The highest BCUT2D eigenvalue weighted by molar-refractivity contribution is 6.31. The number of halogens is 1. The van der Waals surface area contributed by atoms with E-state index in [9.17, 15) is 4.79 Å². The predicted octanol–water partition coefficient (Wildman–Crippen LogP) is 6.86. The maximum absolute atomic E-state index is 12.6. The molecular formula is C25H17ClN2O2. The molecule has 0 spiro atoms. The zero-order valence-electron chi connectivity index (χ0n) is 16.1. The van der Waals surface area contributed by atoms with Gasteiger partial charge in [-0.1, -0.05) is 48.0 Å². The molecule has 0 unspecified atom stereocenters. The zero-order chi connectivity index (χ0) is 20.7. The average molecular weight is 413 g/mol. The number of benzene rings is 4. The summed E-state index contributed by atoms with van der Waals surface area (Å²) in [6.07, 6.45) is 0. The smallest absolute Gasteiger partial charge is 0.255 e. The Balaban J connectivity index is 1.44.